The molecular formula is C17H18F2N4O3. The van der Waals surface area contributed by atoms with E-state index in [1.165, 1.54) is 11.1 Å². The smallest absolute Gasteiger partial charge is 0.341 e. The van der Waals surface area contributed by atoms with Gasteiger partial charge in [-0.3, -0.25) is 4.79 Å². The summed E-state index contributed by atoms with van der Waals surface area (Å²) in [6, 6.07) is 1.04. The molecule has 2 aliphatic rings. The van der Waals surface area contributed by atoms with Crippen LogP contribution in [-0.4, -0.2) is 45.9 Å². The van der Waals surface area contributed by atoms with Crippen molar-refractivity contribution in [3.8, 4) is 0 Å². The summed E-state index contributed by atoms with van der Waals surface area (Å²) in [4.78, 5) is 29.5. The number of aromatic carboxylic acids is 1. The predicted octanol–water partition coefficient (Wildman–Crippen LogP) is 1.45. The summed E-state index contributed by atoms with van der Waals surface area (Å²) in [7, 11) is 0. The Kier molecular flexibility index (Phi) is 3.72. The molecule has 26 heavy (non-hydrogen) atoms. The van der Waals surface area contributed by atoms with Gasteiger partial charge >= 0.3 is 5.97 Å². The van der Waals surface area contributed by atoms with Crippen molar-refractivity contribution in [1.29, 1.82) is 0 Å². The molecule has 7 nitrogen and oxygen atoms in total. The van der Waals surface area contributed by atoms with E-state index in [-0.39, 0.29) is 48.9 Å². The first kappa shape index (κ1) is 16.9. The first-order chi connectivity index (χ1) is 12.3. The van der Waals surface area contributed by atoms with Gasteiger partial charge in [0.25, 0.3) is 0 Å². The molecule has 2 aromatic heterocycles. The van der Waals surface area contributed by atoms with Crippen molar-refractivity contribution in [2.75, 3.05) is 24.5 Å². The summed E-state index contributed by atoms with van der Waals surface area (Å²) in [6.45, 7) is 0.0389. The second-order valence-corrected chi connectivity index (χ2v) is 7.01. The van der Waals surface area contributed by atoms with E-state index in [0.717, 1.165) is 18.9 Å². The molecule has 0 radical (unpaired) electrons. The Morgan fingerprint density at radius 2 is 2.19 bits per heavy atom. The second-order valence-electron chi connectivity index (χ2n) is 7.01. The van der Waals surface area contributed by atoms with Crippen molar-refractivity contribution < 1.29 is 18.7 Å². The molecule has 0 spiro atoms. The molecule has 138 valence electrons. The lowest BCUT2D eigenvalue weighted by atomic mass is 10.1. The van der Waals surface area contributed by atoms with E-state index in [4.69, 9.17) is 5.73 Å². The third-order valence-electron chi connectivity index (χ3n) is 5.08. The zero-order valence-electron chi connectivity index (χ0n) is 13.9. The molecule has 3 heterocycles. The number of pyridine rings is 2. The average Bonchev–Trinajstić information content (AvgIpc) is 3.37. The van der Waals surface area contributed by atoms with Gasteiger partial charge in [-0.25, -0.2) is 18.6 Å². The molecule has 1 aliphatic heterocycles. The lowest BCUT2D eigenvalue weighted by Crippen LogP contribution is -2.36. The van der Waals surface area contributed by atoms with Gasteiger partial charge in [-0.05, 0) is 18.9 Å². The van der Waals surface area contributed by atoms with Gasteiger partial charge in [0.15, 0.2) is 11.6 Å². The Morgan fingerprint density at radius 3 is 2.77 bits per heavy atom. The van der Waals surface area contributed by atoms with Gasteiger partial charge in [-0.15, -0.1) is 0 Å². The van der Waals surface area contributed by atoms with Crippen molar-refractivity contribution in [2.45, 2.75) is 31.0 Å². The monoisotopic (exact) mass is 364 g/mol. The van der Waals surface area contributed by atoms with Crippen LogP contribution in [-0.2, 0) is 0 Å². The largest absolute Gasteiger partial charge is 0.477 e. The number of carboxylic acids is 1. The number of carboxylic acid groups (broad SMARTS) is 1. The van der Waals surface area contributed by atoms with E-state index in [0.29, 0.717) is 0 Å². The van der Waals surface area contributed by atoms with Crippen LogP contribution in [0.4, 0.5) is 14.6 Å². The third kappa shape index (κ3) is 2.63. The SMILES string of the molecule is NCC1(F)CCN(c2nc3c(cc2F)c(=O)c(C(=O)O)cn3C2CC2)C1. The van der Waals surface area contributed by atoms with E-state index in [1.54, 1.807) is 4.57 Å². The topological polar surface area (TPSA) is 101 Å². The van der Waals surface area contributed by atoms with Gasteiger partial charge in [0.1, 0.15) is 16.9 Å². The number of nitrogens with two attached hydrogens (primary N) is 1. The normalized spacial score (nSPS) is 23.0. The minimum Gasteiger partial charge on any atom is -0.477 e. The average molecular weight is 364 g/mol. The summed E-state index contributed by atoms with van der Waals surface area (Å²) >= 11 is 0. The van der Waals surface area contributed by atoms with Crippen LogP contribution < -0.4 is 16.1 Å². The van der Waals surface area contributed by atoms with Crippen molar-refractivity contribution in [3.63, 3.8) is 0 Å². The van der Waals surface area contributed by atoms with Crippen molar-refractivity contribution in [3.05, 3.63) is 33.9 Å². The van der Waals surface area contributed by atoms with E-state index in [2.05, 4.69) is 4.98 Å². The maximum absolute atomic E-state index is 14.6. The lowest BCUT2D eigenvalue weighted by Gasteiger charge is -2.21. The molecule has 2 fully saturated rings. The number of rotatable bonds is 4. The molecule has 0 amide bonds. The second kappa shape index (κ2) is 5.73. The first-order valence-corrected chi connectivity index (χ1v) is 8.45. The Bertz CT molecular complexity index is 973. The number of hydrogen-bond donors (Lipinski definition) is 2. The summed E-state index contributed by atoms with van der Waals surface area (Å²) < 4.78 is 30.7. The van der Waals surface area contributed by atoms with Gasteiger partial charge < -0.3 is 20.3 Å². The molecular weight excluding hydrogens is 346 g/mol. The zero-order valence-corrected chi connectivity index (χ0v) is 13.9. The molecule has 9 heteroatoms. The van der Waals surface area contributed by atoms with Gasteiger partial charge in [-0.2, -0.15) is 0 Å². The Balaban J connectivity index is 1.89. The fraction of sp³-hybridized carbons (Fsp3) is 0.471. The Hall–Kier alpha value is -2.55. The molecule has 0 bridgehead atoms. The van der Waals surface area contributed by atoms with Gasteiger partial charge in [-0.1, -0.05) is 0 Å². The van der Waals surface area contributed by atoms with Crippen molar-refractivity contribution in [2.24, 2.45) is 5.73 Å². The quantitative estimate of drug-likeness (QED) is 0.851. The standard InChI is InChI=1S/C17H18F2N4O3/c18-12-5-10-13(24)11(16(25)26)6-23(9-1-2-9)14(10)21-15(12)22-4-3-17(19,7-20)8-22/h5-6,9H,1-4,7-8,20H2,(H,25,26). The van der Waals surface area contributed by atoms with Crippen LogP contribution in [0.15, 0.2) is 17.1 Å². The zero-order chi connectivity index (χ0) is 18.6. The van der Waals surface area contributed by atoms with Gasteiger partial charge in [0.05, 0.1) is 11.9 Å². The molecule has 2 aromatic rings. The first-order valence-electron chi connectivity index (χ1n) is 8.45. The molecule has 0 aromatic carbocycles. The number of fused-ring (bicyclic) bond motifs is 1. The fourth-order valence-electron chi connectivity index (χ4n) is 3.43. The maximum atomic E-state index is 14.6. The van der Waals surface area contributed by atoms with Crippen LogP contribution >= 0.6 is 0 Å². The van der Waals surface area contributed by atoms with Gasteiger partial charge in [0.2, 0.25) is 5.43 Å². The van der Waals surface area contributed by atoms with Crippen LogP contribution in [0.5, 0.6) is 0 Å². The summed E-state index contributed by atoms with van der Waals surface area (Å²) in [5, 5.41) is 9.16. The van der Waals surface area contributed by atoms with E-state index in [9.17, 15) is 23.5 Å². The van der Waals surface area contributed by atoms with Crippen molar-refractivity contribution >= 4 is 22.8 Å². The highest BCUT2D eigenvalue weighted by molar-refractivity contribution is 5.92. The third-order valence-corrected chi connectivity index (χ3v) is 5.08. The molecule has 1 saturated carbocycles. The molecule has 1 unspecified atom stereocenters. The number of halogens is 2. The van der Waals surface area contributed by atoms with Crippen LogP contribution in [0.1, 0.15) is 35.7 Å². The van der Waals surface area contributed by atoms with E-state index >= 15 is 0 Å². The van der Waals surface area contributed by atoms with E-state index < -0.39 is 28.4 Å². The predicted molar refractivity (Wildman–Crippen MR) is 90.9 cm³/mol. The summed E-state index contributed by atoms with van der Waals surface area (Å²) in [6.07, 6.45) is 3.10. The highest BCUT2D eigenvalue weighted by Gasteiger charge is 2.39. The van der Waals surface area contributed by atoms with Crippen LogP contribution in [0.2, 0.25) is 0 Å². The Morgan fingerprint density at radius 1 is 1.46 bits per heavy atom. The highest BCUT2D eigenvalue weighted by atomic mass is 19.1. The van der Waals surface area contributed by atoms with Crippen LogP contribution in [0, 0.1) is 5.82 Å². The lowest BCUT2D eigenvalue weighted by molar-refractivity contribution is 0.0695. The Labute approximate surface area is 147 Å². The van der Waals surface area contributed by atoms with Crippen LogP contribution in [0.25, 0.3) is 11.0 Å². The number of anilines is 1. The van der Waals surface area contributed by atoms with E-state index in [1.807, 2.05) is 0 Å². The minimum atomic E-state index is -1.59. The number of hydrogen-bond acceptors (Lipinski definition) is 5. The van der Waals surface area contributed by atoms with Crippen molar-refractivity contribution in [1.82, 2.24) is 9.55 Å². The number of carbonyl (C=O) groups is 1. The minimum absolute atomic E-state index is 0.0323. The maximum Gasteiger partial charge on any atom is 0.341 e. The van der Waals surface area contributed by atoms with Gasteiger partial charge in [0, 0.05) is 31.7 Å². The molecule has 1 atom stereocenters. The number of aromatic nitrogens is 2. The summed E-state index contributed by atoms with van der Waals surface area (Å²) in [5.41, 5.74) is 2.91. The molecule has 1 aliphatic carbocycles. The number of nitrogens with zero attached hydrogens (tertiary/aromatic N) is 3. The fourth-order valence-corrected chi connectivity index (χ4v) is 3.43. The molecule has 4 rings (SSSR count). The molecule has 1 saturated heterocycles. The molecule has 3 N–H and O–H groups in total. The highest BCUT2D eigenvalue weighted by Crippen LogP contribution is 2.37. The van der Waals surface area contributed by atoms with Crippen LogP contribution in [0.3, 0.4) is 0 Å². The number of alkyl halides is 1. The summed E-state index contributed by atoms with van der Waals surface area (Å²) in [5.74, 6) is -2.18.